The third kappa shape index (κ3) is 4.14. The first-order chi connectivity index (χ1) is 10.9. The molecule has 0 spiro atoms. The summed E-state index contributed by atoms with van der Waals surface area (Å²) in [4.78, 5) is 22.5. The predicted octanol–water partition coefficient (Wildman–Crippen LogP) is 2.68. The van der Waals surface area contributed by atoms with E-state index in [0.717, 1.165) is 11.1 Å². The maximum atomic E-state index is 12.1. The van der Waals surface area contributed by atoms with E-state index < -0.39 is 16.9 Å². The van der Waals surface area contributed by atoms with E-state index in [4.69, 9.17) is 0 Å². The normalized spacial score (nSPS) is 11.8. The molecule has 0 radical (unpaired) electrons. The zero-order valence-electron chi connectivity index (χ0n) is 12.9. The number of aliphatic hydroxyl groups is 1. The Balaban J connectivity index is 2.08. The number of amides is 1. The van der Waals surface area contributed by atoms with Crippen molar-refractivity contribution in [2.45, 2.75) is 20.0 Å². The molecule has 0 saturated carbocycles. The van der Waals surface area contributed by atoms with E-state index in [0.29, 0.717) is 5.56 Å². The van der Waals surface area contributed by atoms with E-state index in [1.807, 2.05) is 25.1 Å². The third-order valence-corrected chi connectivity index (χ3v) is 3.54. The van der Waals surface area contributed by atoms with Gasteiger partial charge in [-0.15, -0.1) is 0 Å². The van der Waals surface area contributed by atoms with Crippen molar-refractivity contribution in [2.75, 3.05) is 6.54 Å². The fourth-order valence-corrected chi connectivity index (χ4v) is 2.36. The van der Waals surface area contributed by atoms with E-state index in [-0.39, 0.29) is 17.8 Å². The summed E-state index contributed by atoms with van der Waals surface area (Å²) in [7, 11) is 0. The Kier molecular flexibility index (Phi) is 5.08. The molecule has 23 heavy (non-hydrogen) atoms. The van der Waals surface area contributed by atoms with Crippen LogP contribution in [0.5, 0.6) is 0 Å². The van der Waals surface area contributed by atoms with Crippen LogP contribution in [0.15, 0.2) is 42.5 Å². The van der Waals surface area contributed by atoms with Crippen LogP contribution in [0.3, 0.4) is 0 Å². The van der Waals surface area contributed by atoms with Crippen molar-refractivity contribution in [3.8, 4) is 0 Å². The average Bonchev–Trinajstić information content (AvgIpc) is 2.52. The maximum absolute atomic E-state index is 12.1. The molecule has 0 heterocycles. The lowest BCUT2D eigenvalue weighted by Crippen LogP contribution is -2.28. The molecule has 0 fully saturated rings. The minimum absolute atomic E-state index is 0.0332. The number of hydrogen-bond acceptors (Lipinski definition) is 4. The first-order valence-corrected chi connectivity index (χ1v) is 7.16. The van der Waals surface area contributed by atoms with Crippen LogP contribution >= 0.6 is 0 Å². The zero-order chi connectivity index (χ0) is 17.0. The first-order valence-electron chi connectivity index (χ1n) is 7.16. The average molecular weight is 314 g/mol. The molecule has 6 nitrogen and oxygen atoms in total. The second-order valence-electron chi connectivity index (χ2n) is 5.40. The standard InChI is InChI=1S/C17H18N2O4/c1-11-7-13(9-14(8-11)19(22)23)17(21)18-10-16(20)15-6-4-3-5-12(15)2/h3-9,16,20H,10H2,1-2H3,(H,18,21). The quantitative estimate of drug-likeness (QED) is 0.655. The van der Waals surface area contributed by atoms with Gasteiger partial charge in [0.2, 0.25) is 0 Å². The van der Waals surface area contributed by atoms with Gasteiger partial charge in [0, 0.05) is 24.2 Å². The molecular weight excluding hydrogens is 296 g/mol. The summed E-state index contributed by atoms with van der Waals surface area (Å²) >= 11 is 0. The second kappa shape index (κ2) is 7.02. The predicted molar refractivity (Wildman–Crippen MR) is 86.3 cm³/mol. The number of nitro groups is 1. The van der Waals surface area contributed by atoms with E-state index in [1.165, 1.54) is 12.1 Å². The molecule has 2 rings (SSSR count). The minimum atomic E-state index is -0.833. The largest absolute Gasteiger partial charge is 0.387 e. The van der Waals surface area contributed by atoms with Gasteiger partial charge in [0.1, 0.15) is 0 Å². The summed E-state index contributed by atoms with van der Waals surface area (Å²) in [5.41, 5.74) is 2.37. The second-order valence-corrected chi connectivity index (χ2v) is 5.40. The maximum Gasteiger partial charge on any atom is 0.270 e. The molecule has 6 heteroatoms. The highest BCUT2D eigenvalue weighted by molar-refractivity contribution is 5.95. The monoisotopic (exact) mass is 314 g/mol. The fourth-order valence-electron chi connectivity index (χ4n) is 2.36. The SMILES string of the molecule is Cc1cc(C(=O)NCC(O)c2ccccc2C)cc([N+](=O)[O-])c1. The molecule has 120 valence electrons. The Hall–Kier alpha value is -2.73. The number of benzene rings is 2. The molecule has 1 unspecified atom stereocenters. The van der Waals surface area contributed by atoms with Crippen LogP contribution in [0.25, 0.3) is 0 Å². The van der Waals surface area contributed by atoms with Gasteiger partial charge in [0.15, 0.2) is 0 Å². The lowest BCUT2D eigenvalue weighted by molar-refractivity contribution is -0.384. The topological polar surface area (TPSA) is 92.5 Å². The van der Waals surface area contributed by atoms with Gasteiger partial charge in [-0.1, -0.05) is 24.3 Å². The fraction of sp³-hybridized carbons (Fsp3) is 0.235. The highest BCUT2D eigenvalue weighted by atomic mass is 16.6. The number of nitro benzene ring substituents is 1. The molecule has 0 aliphatic carbocycles. The number of aliphatic hydroxyl groups excluding tert-OH is 1. The summed E-state index contributed by atoms with van der Waals surface area (Å²) in [6, 6.07) is 11.6. The number of hydrogen-bond donors (Lipinski definition) is 2. The van der Waals surface area contributed by atoms with Crippen molar-refractivity contribution in [1.82, 2.24) is 5.32 Å². The van der Waals surface area contributed by atoms with Crippen LogP contribution < -0.4 is 5.32 Å². The van der Waals surface area contributed by atoms with Crippen molar-refractivity contribution in [1.29, 1.82) is 0 Å². The minimum Gasteiger partial charge on any atom is -0.387 e. The summed E-state index contributed by atoms with van der Waals surface area (Å²) in [6.07, 6.45) is -0.833. The lowest BCUT2D eigenvalue weighted by atomic mass is 10.0. The molecular formula is C17H18N2O4. The number of carbonyl (C=O) groups excluding carboxylic acids is 1. The number of nitrogens with zero attached hydrogens (tertiary/aromatic N) is 1. The zero-order valence-corrected chi connectivity index (χ0v) is 12.9. The molecule has 0 aromatic heterocycles. The molecule has 1 amide bonds. The number of aryl methyl sites for hydroxylation is 2. The van der Waals surface area contributed by atoms with Gasteiger partial charge in [-0.25, -0.2) is 0 Å². The van der Waals surface area contributed by atoms with Crippen molar-refractivity contribution in [2.24, 2.45) is 0 Å². The smallest absolute Gasteiger partial charge is 0.270 e. The van der Waals surface area contributed by atoms with E-state index >= 15 is 0 Å². The summed E-state index contributed by atoms with van der Waals surface area (Å²) in [6.45, 7) is 3.60. The molecule has 0 aliphatic heterocycles. The Morgan fingerprint density at radius 2 is 1.96 bits per heavy atom. The van der Waals surface area contributed by atoms with E-state index in [2.05, 4.69) is 5.32 Å². The first kappa shape index (κ1) is 16.6. The number of carbonyl (C=O) groups is 1. The van der Waals surface area contributed by atoms with Gasteiger partial charge in [-0.3, -0.25) is 14.9 Å². The van der Waals surface area contributed by atoms with Crippen molar-refractivity contribution < 1.29 is 14.8 Å². The highest BCUT2D eigenvalue weighted by Gasteiger charge is 2.15. The third-order valence-electron chi connectivity index (χ3n) is 3.54. The molecule has 2 aromatic carbocycles. The van der Waals surface area contributed by atoms with Crippen LogP contribution in [-0.4, -0.2) is 22.5 Å². The van der Waals surface area contributed by atoms with Gasteiger partial charge in [-0.2, -0.15) is 0 Å². The van der Waals surface area contributed by atoms with Crippen molar-refractivity contribution in [3.63, 3.8) is 0 Å². The van der Waals surface area contributed by atoms with Gasteiger partial charge in [-0.05, 0) is 36.6 Å². The lowest BCUT2D eigenvalue weighted by Gasteiger charge is -2.14. The molecule has 0 aliphatic rings. The molecule has 0 saturated heterocycles. The van der Waals surface area contributed by atoms with Crippen LogP contribution in [0.1, 0.15) is 33.2 Å². The van der Waals surface area contributed by atoms with Crippen LogP contribution in [0.4, 0.5) is 5.69 Å². The van der Waals surface area contributed by atoms with Crippen LogP contribution in [0.2, 0.25) is 0 Å². The Bertz CT molecular complexity index is 743. The Labute approximate surface area is 133 Å². The molecule has 1 atom stereocenters. The van der Waals surface area contributed by atoms with Crippen LogP contribution in [0, 0.1) is 24.0 Å². The number of rotatable bonds is 5. The van der Waals surface area contributed by atoms with Crippen molar-refractivity contribution in [3.05, 3.63) is 74.8 Å². The van der Waals surface area contributed by atoms with Gasteiger partial charge < -0.3 is 10.4 Å². The van der Waals surface area contributed by atoms with Gasteiger partial charge in [0.05, 0.1) is 11.0 Å². The Morgan fingerprint density at radius 3 is 2.61 bits per heavy atom. The summed E-state index contributed by atoms with van der Waals surface area (Å²) < 4.78 is 0. The van der Waals surface area contributed by atoms with E-state index in [9.17, 15) is 20.0 Å². The highest BCUT2D eigenvalue weighted by Crippen LogP contribution is 2.18. The number of non-ortho nitro benzene ring substituents is 1. The van der Waals surface area contributed by atoms with Gasteiger partial charge >= 0.3 is 0 Å². The number of nitrogens with one attached hydrogen (secondary N) is 1. The van der Waals surface area contributed by atoms with Crippen molar-refractivity contribution >= 4 is 11.6 Å². The van der Waals surface area contributed by atoms with E-state index in [1.54, 1.807) is 19.1 Å². The molecule has 0 bridgehead atoms. The van der Waals surface area contributed by atoms with Gasteiger partial charge in [0.25, 0.3) is 11.6 Å². The van der Waals surface area contributed by atoms with Crippen LogP contribution in [-0.2, 0) is 0 Å². The Morgan fingerprint density at radius 1 is 1.26 bits per heavy atom. The summed E-state index contributed by atoms with van der Waals surface area (Å²) in [5.74, 6) is -0.454. The molecule has 2 N–H and O–H groups in total. The summed E-state index contributed by atoms with van der Waals surface area (Å²) in [5, 5.41) is 23.6. The molecule has 2 aromatic rings.